The molecule has 1 N–H and O–H groups in total. The molecule has 0 aromatic carbocycles. The topological polar surface area (TPSA) is 69.7 Å². The van der Waals surface area contributed by atoms with E-state index in [-0.39, 0.29) is 17.6 Å². The lowest BCUT2D eigenvalue weighted by atomic mass is 9.97. The number of rotatable bonds is 8. The van der Waals surface area contributed by atoms with E-state index in [0.29, 0.717) is 38.9 Å². The number of piperidine rings is 1. The minimum atomic E-state index is -3.13. The quantitative estimate of drug-likeness (QED) is 0.707. The fourth-order valence-corrected chi connectivity index (χ4v) is 4.22. The number of amides is 1. The van der Waals surface area contributed by atoms with Crippen LogP contribution in [-0.2, 0) is 14.8 Å². The first kappa shape index (κ1) is 18.4. The Morgan fingerprint density at radius 2 is 1.95 bits per heavy atom. The van der Waals surface area contributed by atoms with Gasteiger partial charge in [-0.3, -0.25) is 4.79 Å². The van der Waals surface area contributed by atoms with E-state index in [1.165, 1.54) is 0 Å². The maximum atomic E-state index is 12.3. The van der Waals surface area contributed by atoms with E-state index >= 15 is 0 Å². The zero-order valence-corrected chi connectivity index (χ0v) is 14.3. The number of carbonyl (C=O) groups excluding carboxylic acids is 1. The van der Waals surface area contributed by atoms with Crippen molar-refractivity contribution >= 4 is 15.9 Å². The van der Waals surface area contributed by atoms with Gasteiger partial charge < -0.3 is 10.2 Å². The van der Waals surface area contributed by atoms with Gasteiger partial charge in [0.2, 0.25) is 15.9 Å². The fourth-order valence-electron chi connectivity index (χ4n) is 2.54. The van der Waals surface area contributed by atoms with Crippen molar-refractivity contribution in [3.05, 3.63) is 0 Å². The van der Waals surface area contributed by atoms with E-state index in [0.717, 1.165) is 13.0 Å². The summed E-state index contributed by atoms with van der Waals surface area (Å²) < 4.78 is 25.8. The summed E-state index contributed by atoms with van der Waals surface area (Å²) >= 11 is 0. The predicted molar refractivity (Wildman–Crippen MR) is 84.6 cm³/mol. The molecule has 0 spiro atoms. The summed E-state index contributed by atoms with van der Waals surface area (Å²) in [5, 5.41) is 3.02. The third-order valence-electron chi connectivity index (χ3n) is 4.03. The molecule has 0 bridgehead atoms. The van der Waals surface area contributed by atoms with Gasteiger partial charge in [0.05, 0.1) is 5.75 Å². The van der Waals surface area contributed by atoms with E-state index in [9.17, 15) is 13.2 Å². The lowest BCUT2D eigenvalue weighted by Gasteiger charge is -2.32. The van der Waals surface area contributed by atoms with Crippen LogP contribution in [0.4, 0.5) is 0 Å². The molecule has 7 heteroatoms. The molecule has 0 saturated carbocycles. The Bertz CT molecular complexity index is 417. The van der Waals surface area contributed by atoms with Crippen LogP contribution in [0.3, 0.4) is 0 Å². The summed E-state index contributed by atoms with van der Waals surface area (Å²) in [5.74, 6) is 0.324. The van der Waals surface area contributed by atoms with E-state index in [4.69, 9.17) is 0 Å². The SMILES string of the molecule is CCCCS(=O)(=O)N1CCC(C(=O)N(C)CCNC)CC1. The van der Waals surface area contributed by atoms with Gasteiger partial charge >= 0.3 is 0 Å². The van der Waals surface area contributed by atoms with Crippen LogP contribution in [0.15, 0.2) is 0 Å². The van der Waals surface area contributed by atoms with Crippen LogP contribution in [0.25, 0.3) is 0 Å². The first-order chi connectivity index (χ1) is 9.92. The van der Waals surface area contributed by atoms with Gasteiger partial charge in [0, 0.05) is 39.1 Å². The molecule has 1 rings (SSSR count). The zero-order chi connectivity index (χ0) is 15.9. The van der Waals surface area contributed by atoms with Crippen LogP contribution in [0, 0.1) is 5.92 Å². The molecule has 0 aromatic heterocycles. The molecule has 124 valence electrons. The van der Waals surface area contributed by atoms with Gasteiger partial charge in [0.1, 0.15) is 0 Å². The molecule has 1 aliphatic heterocycles. The summed E-state index contributed by atoms with van der Waals surface area (Å²) in [4.78, 5) is 14.0. The molecule has 0 unspecified atom stereocenters. The second-order valence-corrected chi connectivity index (χ2v) is 7.79. The largest absolute Gasteiger partial charge is 0.344 e. The molecular weight excluding hydrogens is 290 g/mol. The summed E-state index contributed by atoms with van der Waals surface area (Å²) in [6, 6.07) is 0. The highest BCUT2D eigenvalue weighted by Crippen LogP contribution is 2.22. The zero-order valence-electron chi connectivity index (χ0n) is 13.5. The number of unbranched alkanes of at least 4 members (excludes halogenated alkanes) is 1. The number of likely N-dealkylation sites (N-methyl/N-ethyl adjacent to an activating group) is 2. The third kappa shape index (κ3) is 5.56. The standard InChI is InChI=1S/C14H29N3O3S/c1-4-5-12-21(19,20)17-9-6-13(7-10-17)14(18)16(3)11-8-15-2/h13,15H,4-12H2,1-3H3. The van der Waals surface area contributed by atoms with Crippen molar-refractivity contribution in [2.75, 3.05) is 46.0 Å². The first-order valence-corrected chi connectivity index (χ1v) is 9.40. The molecule has 0 aromatic rings. The van der Waals surface area contributed by atoms with Crippen molar-refractivity contribution in [1.82, 2.24) is 14.5 Å². The average molecular weight is 319 g/mol. The Morgan fingerprint density at radius 1 is 1.33 bits per heavy atom. The lowest BCUT2D eigenvalue weighted by Crippen LogP contribution is -2.45. The Morgan fingerprint density at radius 3 is 2.48 bits per heavy atom. The Kier molecular flexibility index (Phi) is 7.62. The first-order valence-electron chi connectivity index (χ1n) is 7.79. The van der Waals surface area contributed by atoms with Crippen LogP contribution in [0.5, 0.6) is 0 Å². The van der Waals surface area contributed by atoms with E-state index in [2.05, 4.69) is 5.32 Å². The van der Waals surface area contributed by atoms with E-state index in [1.807, 2.05) is 21.0 Å². The van der Waals surface area contributed by atoms with Gasteiger partial charge in [-0.2, -0.15) is 0 Å². The molecule has 0 atom stereocenters. The Balaban J connectivity index is 2.46. The molecule has 1 heterocycles. The minimum Gasteiger partial charge on any atom is -0.344 e. The molecule has 21 heavy (non-hydrogen) atoms. The molecule has 1 aliphatic rings. The van der Waals surface area contributed by atoms with Crippen molar-refractivity contribution in [1.29, 1.82) is 0 Å². The Hall–Kier alpha value is -0.660. The van der Waals surface area contributed by atoms with Crippen LogP contribution in [-0.4, -0.2) is 69.6 Å². The second kappa shape index (κ2) is 8.70. The van der Waals surface area contributed by atoms with Crippen LogP contribution >= 0.6 is 0 Å². The molecular formula is C14H29N3O3S. The van der Waals surface area contributed by atoms with Gasteiger partial charge in [-0.25, -0.2) is 12.7 Å². The number of hydrogen-bond acceptors (Lipinski definition) is 4. The van der Waals surface area contributed by atoms with Gasteiger partial charge in [-0.05, 0) is 26.3 Å². The van der Waals surface area contributed by atoms with E-state index in [1.54, 1.807) is 9.21 Å². The summed E-state index contributed by atoms with van der Waals surface area (Å²) in [6.45, 7) is 4.39. The highest BCUT2D eigenvalue weighted by Gasteiger charge is 2.31. The van der Waals surface area contributed by atoms with Crippen molar-refractivity contribution in [3.63, 3.8) is 0 Å². The summed E-state index contributed by atoms with van der Waals surface area (Å²) in [6.07, 6.45) is 2.85. The average Bonchev–Trinajstić information content (AvgIpc) is 2.50. The van der Waals surface area contributed by atoms with Crippen molar-refractivity contribution < 1.29 is 13.2 Å². The highest BCUT2D eigenvalue weighted by atomic mass is 32.2. The molecule has 1 amide bonds. The normalized spacial score (nSPS) is 17.9. The van der Waals surface area contributed by atoms with Crippen molar-refractivity contribution in [2.45, 2.75) is 32.6 Å². The number of hydrogen-bond donors (Lipinski definition) is 1. The molecule has 0 radical (unpaired) electrons. The maximum absolute atomic E-state index is 12.3. The highest BCUT2D eigenvalue weighted by molar-refractivity contribution is 7.89. The van der Waals surface area contributed by atoms with Crippen LogP contribution in [0.1, 0.15) is 32.6 Å². The summed E-state index contributed by atoms with van der Waals surface area (Å²) in [7, 11) is 0.538. The molecule has 1 saturated heterocycles. The summed E-state index contributed by atoms with van der Waals surface area (Å²) in [5.41, 5.74) is 0. The van der Waals surface area contributed by atoms with Gasteiger partial charge in [-0.15, -0.1) is 0 Å². The van der Waals surface area contributed by atoms with Gasteiger partial charge in [-0.1, -0.05) is 13.3 Å². The van der Waals surface area contributed by atoms with Gasteiger partial charge in [0.25, 0.3) is 0 Å². The molecule has 0 aliphatic carbocycles. The lowest BCUT2D eigenvalue weighted by molar-refractivity contribution is -0.135. The van der Waals surface area contributed by atoms with Crippen LogP contribution in [0.2, 0.25) is 0 Å². The second-order valence-electron chi connectivity index (χ2n) is 5.71. The smallest absolute Gasteiger partial charge is 0.225 e. The Labute approximate surface area is 128 Å². The van der Waals surface area contributed by atoms with Crippen molar-refractivity contribution in [2.24, 2.45) is 5.92 Å². The number of nitrogens with zero attached hydrogens (tertiary/aromatic N) is 2. The molecule has 6 nitrogen and oxygen atoms in total. The van der Waals surface area contributed by atoms with Crippen molar-refractivity contribution in [3.8, 4) is 0 Å². The number of nitrogens with one attached hydrogen (secondary N) is 1. The molecule has 1 fully saturated rings. The monoisotopic (exact) mass is 319 g/mol. The van der Waals surface area contributed by atoms with E-state index < -0.39 is 10.0 Å². The predicted octanol–water partition coefficient (Wildman–Crippen LogP) is 0.506. The minimum absolute atomic E-state index is 0.0375. The number of sulfonamides is 1. The van der Waals surface area contributed by atoms with Gasteiger partial charge in [0.15, 0.2) is 0 Å². The number of carbonyl (C=O) groups is 1. The maximum Gasteiger partial charge on any atom is 0.225 e. The third-order valence-corrected chi connectivity index (χ3v) is 5.98. The van der Waals surface area contributed by atoms with Crippen LogP contribution < -0.4 is 5.32 Å². The fraction of sp³-hybridized carbons (Fsp3) is 0.929.